The molecule has 8 heteroatoms. The monoisotopic (exact) mass is 419 g/mol. The highest BCUT2D eigenvalue weighted by atomic mass is 32.2. The van der Waals surface area contributed by atoms with Gasteiger partial charge in [0.2, 0.25) is 0 Å². The number of para-hydroxylation sites is 2. The molecule has 1 unspecified atom stereocenters. The van der Waals surface area contributed by atoms with Crippen LogP contribution in [0.3, 0.4) is 0 Å². The second-order valence-electron chi connectivity index (χ2n) is 7.05. The Balaban J connectivity index is 1.37. The van der Waals surface area contributed by atoms with Crippen LogP contribution in [0.25, 0.3) is 5.65 Å². The molecule has 4 heterocycles. The number of imidazole rings is 1. The molecule has 0 spiro atoms. The summed E-state index contributed by atoms with van der Waals surface area (Å²) in [6.45, 7) is 6.93. The summed E-state index contributed by atoms with van der Waals surface area (Å²) in [6.07, 6.45) is 5.59. The van der Waals surface area contributed by atoms with Gasteiger partial charge in [-0.2, -0.15) is 0 Å². The third-order valence-electron chi connectivity index (χ3n) is 4.93. The van der Waals surface area contributed by atoms with Crippen molar-refractivity contribution in [2.24, 2.45) is 0 Å². The largest absolute Gasteiger partial charge is 0.485 e. The van der Waals surface area contributed by atoms with Gasteiger partial charge < -0.3 is 13.9 Å². The first-order valence-corrected chi connectivity index (χ1v) is 10.7. The van der Waals surface area contributed by atoms with Gasteiger partial charge in [-0.3, -0.25) is 4.57 Å². The Kier molecular flexibility index (Phi) is 4.92. The lowest BCUT2D eigenvalue weighted by molar-refractivity contribution is 0.0821. The number of allylic oxidation sites excluding steroid dienone is 1. The Morgan fingerprint density at radius 2 is 2.07 bits per heavy atom. The summed E-state index contributed by atoms with van der Waals surface area (Å²) in [5, 5.41) is 9.63. The van der Waals surface area contributed by atoms with Crippen molar-refractivity contribution < 1.29 is 9.47 Å². The quantitative estimate of drug-likeness (QED) is 0.344. The molecule has 3 aromatic heterocycles. The molecule has 0 radical (unpaired) electrons. The number of pyridine rings is 1. The number of fused-ring (bicyclic) bond motifs is 2. The van der Waals surface area contributed by atoms with Crippen molar-refractivity contribution in [1.29, 1.82) is 0 Å². The summed E-state index contributed by atoms with van der Waals surface area (Å²) in [5.41, 5.74) is 3.13. The van der Waals surface area contributed by atoms with E-state index in [0.717, 1.165) is 39.4 Å². The van der Waals surface area contributed by atoms with Crippen molar-refractivity contribution in [2.45, 2.75) is 30.5 Å². The number of hydrogen-bond acceptors (Lipinski definition) is 6. The molecule has 1 atom stereocenters. The zero-order valence-electron chi connectivity index (χ0n) is 16.6. The molecule has 1 aliphatic heterocycles. The van der Waals surface area contributed by atoms with Gasteiger partial charge in [0.05, 0.1) is 5.69 Å². The van der Waals surface area contributed by atoms with Crippen molar-refractivity contribution in [3.05, 3.63) is 78.5 Å². The van der Waals surface area contributed by atoms with Gasteiger partial charge in [0.15, 0.2) is 28.6 Å². The highest BCUT2D eigenvalue weighted by Gasteiger charge is 2.28. The van der Waals surface area contributed by atoms with E-state index in [-0.39, 0.29) is 6.10 Å². The molecule has 0 fully saturated rings. The Labute approximate surface area is 178 Å². The SMILES string of the molecule is C=CCn1c(SCc2cn3cccc(C)c3n2)nnc1C1COc2ccccc2O1. The molecule has 1 aliphatic rings. The van der Waals surface area contributed by atoms with Gasteiger partial charge in [-0.25, -0.2) is 4.98 Å². The minimum atomic E-state index is -0.320. The fourth-order valence-electron chi connectivity index (χ4n) is 3.50. The predicted octanol–water partition coefficient (Wildman–Crippen LogP) is 4.23. The minimum Gasteiger partial charge on any atom is -0.485 e. The molecule has 1 aromatic carbocycles. The first-order valence-electron chi connectivity index (χ1n) is 9.71. The molecule has 152 valence electrons. The predicted molar refractivity (Wildman–Crippen MR) is 115 cm³/mol. The smallest absolute Gasteiger partial charge is 0.192 e. The standard InChI is InChI=1S/C22H21N5O2S/c1-3-10-27-21(19-13-28-17-8-4-5-9-18(17)29-19)24-25-22(27)30-14-16-12-26-11-6-7-15(2)20(26)23-16/h3-9,11-12,19H,1,10,13-14H2,2H3. The van der Waals surface area contributed by atoms with Crippen LogP contribution in [0.4, 0.5) is 0 Å². The van der Waals surface area contributed by atoms with Gasteiger partial charge in [-0.1, -0.05) is 36.0 Å². The summed E-state index contributed by atoms with van der Waals surface area (Å²) in [5.74, 6) is 2.90. The van der Waals surface area contributed by atoms with Gasteiger partial charge in [-0.15, -0.1) is 16.8 Å². The van der Waals surface area contributed by atoms with Crippen LogP contribution in [-0.2, 0) is 12.3 Å². The Morgan fingerprint density at radius 1 is 1.20 bits per heavy atom. The van der Waals surface area contributed by atoms with E-state index in [2.05, 4.69) is 40.4 Å². The highest BCUT2D eigenvalue weighted by Crippen LogP contribution is 2.36. The number of benzene rings is 1. The van der Waals surface area contributed by atoms with E-state index in [4.69, 9.17) is 14.5 Å². The fourth-order valence-corrected chi connectivity index (χ4v) is 4.34. The van der Waals surface area contributed by atoms with Gasteiger partial charge in [0, 0.05) is 24.7 Å². The average molecular weight is 420 g/mol. The average Bonchev–Trinajstić information content (AvgIpc) is 3.37. The molecule has 0 amide bonds. The third kappa shape index (κ3) is 3.43. The molecule has 4 aromatic rings. The lowest BCUT2D eigenvalue weighted by Crippen LogP contribution is -2.25. The molecular formula is C22H21N5O2S. The Hall–Kier alpha value is -3.26. The minimum absolute atomic E-state index is 0.320. The number of nitrogens with zero attached hydrogens (tertiary/aromatic N) is 5. The van der Waals surface area contributed by atoms with Gasteiger partial charge in [-0.05, 0) is 30.7 Å². The second kappa shape index (κ2) is 7.87. The van der Waals surface area contributed by atoms with Crippen LogP contribution in [0.5, 0.6) is 11.5 Å². The van der Waals surface area contributed by atoms with Crippen LogP contribution in [0.2, 0.25) is 0 Å². The lowest BCUT2D eigenvalue weighted by atomic mass is 10.2. The van der Waals surface area contributed by atoms with Gasteiger partial charge in [0.25, 0.3) is 0 Å². The van der Waals surface area contributed by atoms with Gasteiger partial charge >= 0.3 is 0 Å². The first kappa shape index (κ1) is 18.7. The molecule has 0 N–H and O–H groups in total. The Morgan fingerprint density at radius 3 is 2.90 bits per heavy atom. The maximum absolute atomic E-state index is 6.13. The van der Waals surface area contributed by atoms with E-state index in [1.54, 1.807) is 11.8 Å². The van der Waals surface area contributed by atoms with E-state index in [1.165, 1.54) is 0 Å². The number of aromatic nitrogens is 5. The van der Waals surface area contributed by atoms with E-state index >= 15 is 0 Å². The van der Waals surface area contributed by atoms with E-state index in [1.807, 2.05) is 47.2 Å². The zero-order chi connectivity index (χ0) is 20.5. The number of aryl methyl sites for hydroxylation is 1. The van der Waals surface area contributed by atoms with Crippen LogP contribution in [-0.4, -0.2) is 30.8 Å². The molecular weight excluding hydrogens is 398 g/mol. The lowest BCUT2D eigenvalue weighted by Gasteiger charge is -2.26. The summed E-state index contributed by atoms with van der Waals surface area (Å²) in [4.78, 5) is 4.74. The molecule has 5 rings (SSSR count). The maximum Gasteiger partial charge on any atom is 0.192 e. The number of rotatable bonds is 6. The molecule has 7 nitrogen and oxygen atoms in total. The van der Waals surface area contributed by atoms with Crippen molar-refractivity contribution in [3.63, 3.8) is 0 Å². The number of hydrogen-bond donors (Lipinski definition) is 0. The van der Waals surface area contributed by atoms with Crippen molar-refractivity contribution in [3.8, 4) is 11.5 Å². The number of ether oxygens (including phenoxy) is 2. The van der Waals surface area contributed by atoms with Crippen LogP contribution in [0.15, 0.2) is 66.6 Å². The van der Waals surface area contributed by atoms with Crippen LogP contribution in [0, 0.1) is 6.92 Å². The van der Waals surface area contributed by atoms with E-state index in [9.17, 15) is 0 Å². The summed E-state index contributed by atoms with van der Waals surface area (Å²) in [7, 11) is 0. The van der Waals surface area contributed by atoms with Crippen molar-refractivity contribution in [1.82, 2.24) is 24.1 Å². The molecule has 30 heavy (non-hydrogen) atoms. The normalized spacial score (nSPS) is 15.4. The van der Waals surface area contributed by atoms with Gasteiger partial charge in [0.1, 0.15) is 12.3 Å². The molecule has 0 saturated heterocycles. The fraction of sp³-hybridized carbons (Fsp3) is 0.227. The maximum atomic E-state index is 6.13. The first-order chi connectivity index (χ1) is 14.7. The van der Waals surface area contributed by atoms with Crippen molar-refractivity contribution in [2.75, 3.05) is 6.61 Å². The van der Waals surface area contributed by atoms with Crippen molar-refractivity contribution >= 4 is 17.4 Å². The van der Waals surface area contributed by atoms with Crippen LogP contribution >= 0.6 is 11.8 Å². The number of thioether (sulfide) groups is 1. The third-order valence-corrected chi connectivity index (χ3v) is 5.93. The second-order valence-corrected chi connectivity index (χ2v) is 7.99. The molecule has 0 aliphatic carbocycles. The topological polar surface area (TPSA) is 66.5 Å². The highest BCUT2D eigenvalue weighted by molar-refractivity contribution is 7.98. The zero-order valence-corrected chi connectivity index (χ0v) is 17.4. The Bertz CT molecular complexity index is 1220. The molecule has 0 saturated carbocycles. The van der Waals surface area contributed by atoms with E-state index in [0.29, 0.717) is 18.9 Å². The molecule has 0 bridgehead atoms. The summed E-state index contributed by atoms with van der Waals surface area (Å²) < 4.78 is 16.1. The van der Waals surface area contributed by atoms with E-state index < -0.39 is 0 Å². The van der Waals surface area contributed by atoms with Crippen LogP contribution in [0.1, 0.15) is 23.2 Å². The van der Waals surface area contributed by atoms with Crippen LogP contribution < -0.4 is 9.47 Å². The summed E-state index contributed by atoms with van der Waals surface area (Å²) >= 11 is 1.60. The summed E-state index contributed by atoms with van der Waals surface area (Å²) in [6, 6.07) is 11.7.